The lowest BCUT2D eigenvalue weighted by atomic mass is 9.89. The Morgan fingerprint density at radius 2 is 1.96 bits per heavy atom. The molecule has 1 saturated heterocycles. The van der Waals surface area contributed by atoms with E-state index in [1.165, 1.54) is 0 Å². The zero-order chi connectivity index (χ0) is 18.8. The number of primary amides is 1. The number of imidazole rings is 1. The maximum Gasteiger partial charge on any atom is 0.409 e. The normalized spacial score (nSPS) is 16.3. The van der Waals surface area contributed by atoms with Crippen LogP contribution in [0.5, 0.6) is 5.75 Å². The monoisotopic (exact) mass is 367 g/mol. The number of nitrogens with two attached hydrogens (primary N) is 1. The number of aromatic amines is 1. The van der Waals surface area contributed by atoms with Crippen LogP contribution in [0.4, 0.5) is 4.79 Å². The van der Waals surface area contributed by atoms with E-state index in [9.17, 15) is 9.90 Å². The number of benzene rings is 2. The summed E-state index contributed by atoms with van der Waals surface area (Å²) in [5, 5.41) is 10.6. The van der Waals surface area contributed by atoms with Gasteiger partial charge in [0, 0.05) is 24.8 Å². The first-order valence-electron chi connectivity index (χ1n) is 8.93. The molecule has 0 spiro atoms. The summed E-state index contributed by atoms with van der Waals surface area (Å²) in [6, 6.07) is 12.8. The molecule has 4 rings (SSSR count). The molecule has 0 bridgehead atoms. The predicted molar refractivity (Wildman–Crippen MR) is 100 cm³/mol. The SMILES string of the molecule is NC(=O)Oc1ccc2[nH]c(-c3ccc(C(O)C4CCOCC4)cc3)nc2c1. The quantitative estimate of drug-likeness (QED) is 0.656. The number of ether oxygens (including phenoxy) is 2. The van der Waals surface area contributed by atoms with E-state index in [0.29, 0.717) is 30.3 Å². The molecule has 1 aliphatic heterocycles. The maximum absolute atomic E-state index is 10.9. The molecule has 3 aromatic rings. The van der Waals surface area contributed by atoms with Gasteiger partial charge in [0.2, 0.25) is 0 Å². The second kappa shape index (κ2) is 7.38. The number of hydrogen-bond donors (Lipinski definition) is 3. The molecule has 27 heavy (non-hydrogen) atoms. The van der Waals surface area contributed by atoms with Gasteiger partial charge in [0.25, 0.3) is 0 Å². The van der Waals surface area contributed by atoms with Crippen molar-refractivity contribution in [3.8, 4) is 17.1 Å². The van der Waals surface area contributed by atoms with E-state index in [0.717, 1.165) is 29.5 Å². The summed E-state index contributed by atoms with van der Waals surface area (Å²) in [5.41, 5.74) is 8.35. The Morgan fingerprint density at radius 3 is 2.67 bits per heavy atom. The molecular weight excluding hydrogens is 346 g/mol. The van der Waals surface area contributed by atoms with E-state index in [1.807, 2.05) is 24.3 Å². The number of carbonyl (C=O) groups is 1. The van der Waals surface area contributed by atoms with Crippen molar-refractivity contribution in [2.75, 3.05) is 13.2 Å². The average molecular weight is 367 g/mol. The molecule has 7 heteroatoms. The predicted octanol–water partition coefficient (Wildman–Crippen LogP) is 3.15. The molecular formula is C20H21N3O4. The Labute approximate surface area is 156 Å². The first kappa shape index (κ1) is 17.5. The molecule has 0 saturated carbocycles. The molecule has 140 valence electrons. The number of aliphatic hydroxyl groups excluding tert-OH is 1. The maximum atomic E-state index is 10.9. The van der Waals surface area contributed by atoms with Crippen LogP contribution in [0.2, 0.25) is 0 Å². The summed E-state index contributed by atoms with van der Waals surface area (Å²) < 4.78 is 10.2. The average Bonchev–Trinajstić information content (AvgIpc) is 3.11. The molecule has 0 radical (unpaired) electrons. The van der Waals surface area contributed by atoms with Gasteiger partial charge in [-0.25, -0.2) is 9.78 Å². The highest BCUT2D eigenvalue weighted by atomic mass is 16.5. The van der Waals surface area contributed by atoms with Crippen molar-refractivity contribution in [2.24, 2.45) is 11.7 Å². The minimum Gasteiger partial charge on any atom is -0.410 e. The van der Waals surface area contributed by atoms with Gasteiger partial charge in [0.15, 0.2) is 0 Å². The minimum atomic E-state index is -0.858. The lowest BCUT2D eigenvalue weighted by molar-refractivity contribution is 0.00719. The van der Waals surface area contributed by atoms with Crippen molar-refractivity contribution < 1.29 is 19.4 Å². The molecule has 1 aliphatic rings. The van der Waals surface area contributed by atoms with Crippen molar-refractivity contribution >= 4 is 17.1 Å². The highest BCUT2D eigenvalue weighted by Gasteiger charge is 2.23. The van der Waals surface area contributed by atoms with E-state index in [2.05, 4.69) is 9.97 Å². The largest absolute Gasteiger partial charge is 0.410 e. The van der Waals surface area contributed by atoms with Gasteiger partial charge in [0.1, 0.15) is 11.6 Å². The van der Waals surface area contributed by atoms with Gasteiger partial charge < -0.3 is 25.3 Å². The summed E-state index contributed by atoms with van der Waals surface area (Å²) in [6.45, 7) is 1.42. The number of aromatic nitrogens is 2. The Bertz CT molecular complexity index is 946. The van der Waals surface area contributed by atoms with Crippen LogP contribution in [-0.4, -0.2) is 34.4 Å². The van der Waals surface area contributed by atoms with Gasteiger partial charge in [-0.3, -0.25) is 0 Å². The van der Waals surface area contributed by atoms with Gasteiger partial charge in [-0.05, 0) is 36.5 Å². The van der Waals surface area contributed by atoms with E-state index < -0.39 is 12.2 Å². The number of amides is 1. The second-order valence-corrected chi connectivity index (χ2v) is 6.70. The Kier molecular flexibility index (Phi) is 4.79. The number of aliphatic hydroxyl groups is 1. The number of fused-ring (bicyclic) bond motifs is 1. The molecule has 1 unspecified atom stereocenters. The highest BCUT2D eigenvalue weighted by molar-refractivity contribution is 5.81. The zero-order valence-corrected chi connectivity index (χ0v) is 14.7. The van der Waals surface area contributed by atoms with Crippen molar-refractivity contribution in [2.45, 2.75) is 18.9 Å². The van der Waals surface area contributed by atoms with Crippen molar-refractivity contribution in [1.29, 1.82) is 0 Å². The van der Waals surface area contributed by atoms with Gasteiger partial charge in [0.05, 0.1) is 17.1 Å². The molecule has 1 aromatic heterocycles. The van der Waals surface area contributed by atoms with Gasteiger partial charge in [-0.2, -0.15) is 0 Å². The van der Waals surface area contributed by atoms with Crippen LogP contribution >= 0.6 is 0 Å². The van der Waals surface area contributed by atoms with Crippen LogP contribution in [0.15, 0.2) is 42.5 Å². The van der Waals surface area contributed by atoms with Crippen LogP contribution < -0.4 is 10.5 Å². The van der Waals surface area contributed by atoms with Gasteiger partial charge in [-0.15, -0.1) is 0 Å². The number of hydrogen-bond acceptors (Lipinski definition) is 5. The molecule has 1 amide bonds. The van der Waals surface area contributed by atoms with E-state index in [4.69, 9.17) is 15.2 Å². The number of nitrogens with zero attached hydrogens (tertiary/aromatic N) is 1. The van der Waals surface area contributed by atoms with E-state index in [1.54, 1.807) is 18.2 Å². The zero-order valence-electron chi connectivity index (χ0n) is 14.7. The molecule has 4 N–H and O–H groups in total. The number of H-pyrrole nitrogens is 1. The standard InChI is InChI=1S/C20H21N3O4/c21-20(25)27-15-5-6-16-17(11-15)23-19(22-16)14-3-1-12(2-4-14)18(24)13-7-9-26-10-8-13/h1-6,11,13,18,24H,7-10H2,(H2,21,25)(H,22,23). The van der Waals surface area contributed by atoms with Crippen LogP contribution in [-0.2, 0) is 4.74 Å². The summed E-state index contributed by atoms with van der Waals surface area (Å²) in [5.74, 6) is 1.29. The molecule has 2 heterocycles. The third kappa shape index (κ3) is 3.79. The fourth-order valence-electron chi connectivity index (χ4n) is 3.44. The van der Waals surface area contributed by atoms with Crippen LogP contribution in [0.25, 0.3) is 22.4 Å². The molecule has 2 aromatic carbocycles. The van der Waals surface area contributed by atoms with Crippen molar-refractivity contribution in [3.63, 3.8) is 0 Å². The van der Waals surface area contributed by atoms with Crippen LogP contribution in [0.1, 0.15) is 24.5 Å². The fourth-order valence-corrected chi connectivity index (χ4v) is 3.44. The Morgan fingerprint density at radius 1 is 1.22 bits per heavy atom. The molecule has 1 atom stereocenters. The highest BCUT2D eigenvalue weighted by Crippen LogP contribution is 2.31. The van der Waals surface area contributed by atoms with Crippen molar-refractivity contribution in [1.82, 2.24) is 9.97 Å². The van der Waals surface area contributed by atoms with Gasteiger partial charge >= 0.3 is 6.09 Å². The summed E-state index contributed by atoms with van der Waals surface area (Å²) >= 11 is 0. The first-order valence-corrected chi connectivity index (χ1v) is 8.93. The van der Waals surface area contributed by atoms with E-state index in [-0.39, 0.29) is 5.92 Å². The lowest BCUT2D eigenvalue weighted by Gasteiger charge is -2.27. The summed E-state index contributed by atoms with van der Waals surface area (Å²) in [7, 11) is 0. The number of carbonyl (C=O) groups excluding carboxylic acids is 1. The van der Waals surface area contributed by atoms with E-state index >= 15 is 0 Å². The summed E-state index contributed by atoms with van der Waals surface area (Å²) in [6.07, 6.45) is 0.417. The third-order valence-corrected chi connectivity index (χ3v) is 4.91. The van der Waals surface area contributed by atoms with Crippen molar-refractivity contribution in [3.05, 3.63) is 48.0 Å². The molecule has 7 nitrogen and oxygen atoms in total. The third-order valence-electron chi connectivity index (χ3n) is 4.91. The smallest absolute Gasteiger partial charge is 0.409 e. The lowest BCUT2D eigenvalue weighted by Crippen LogP contribution is -2.21. The topological polar surface area (TPSA) is 110 Å². The van der Waals surface area contributed by atoms with Gasteiger partial charge in [-0.1, -0.05) is 24.3 Å². The summed E-state index contributed by atoms with van der Waals surface area (Å²) in [4.78, 5) is 18.7. The first-order chi connectivity index (χ1) is 13.1. The molecule has 0 aliphatic carbocycles. The van der Waals surface area contributed by atoms with Crippen LogP contribution in [0, 0.1) is 5.92 Å². The second-order valence-electron chi connectivity index (χ2n) is 6.70. The van der Waals surface area contributed by atoms with Crippen LogP contribution in [0.3, 0.4) is 0 Å². The number of rotatable bonds is 4. The Balaban J connectivity index is 1.55. The number of nitrogens with one attached hydrogen (secondary N) is 1. The molecule has 1 fully saturated rings. The Hall–Kier alpha value is -2.90. The minimum absolute atomic E-state index is 0.236. The fraction of sp³-hybridized carbons (Fsp3) is 0.300.